The summed E-state index contributed by atoms with van der Waals surface area (Å²) in [6.45, 7) is 0.789. The van der Waals surface area contributed by atoms with Gasteiger partial charge in [-0.25, -0.2) is 0 Å². The van der Waals surface area contributed by atoms with Gasteiger partial charge >= 0.3 is 0 Å². The quantitative estimate of drug-likeness (QED) is 0.557. The molecule has 8 heteroatoms. The molecule has 0 aliphatic rings. The van der Waals surface area contributed by atoms with Gasteiger partial charge in [-0.1, -0.05) is 29.8 Å². The van der Waals surface area contributed by atoms with E-state index in [9.17, 15) is 20.0 Å². The van der Waals surface area contributed by atoms with Crippen LogP contribution in [0.25, 0.3) is 0 Å². The Labute approximate surface area is 150 Å². The molecule has 2 aromatic carbocycles. The fourth-order valence-electron chi connectivity index (χ4n) is 2.41. The number of nitro groups is 1. The molecule has 2 aromatic rings. The second kappa shape index (κ2) is 8.46. The summed E-state index contributed by atoms with van der Waals surface area (Å²) in [6.07, 6.45) is 0. The monoisotopic (exact) mass is 363 g/mol. The van der Waals surface area contributed by atoms with E-state index in [0.29, 0.717) is 11.6 Å². The van der Waals surface area contributed by atoms with Crippen molar-refractivity contribution in [2.24, 2.45) is 0 Å². The van der Waals surface area contributed by atoms with E-state index in [2.05, 4.69) is 5.32 Å². The van der Waals surface area contributed by atoms with Crippen LogP contribution < -0.4 is 15.3 Å². The zero-order chi connectivity index (χ0) is 18.4. The van der Waals surface area contributed by atoms with Crippen LogP contribution in [0.2, 0.25) is 5.02 Å². The number of hydrogen-bond acceptors (Lipinski definition) is 4. The van der Waals surface area contributed by atoms with Gasteiger partial charge in [0, 0.05) is 29.3 Å². The molecule has 2 rings (SSSR count). The standard InChI is InChI=1S/C17H18ClN3O4/c1-20(10-12-3-2-4-14(18)7-12)11-17(23)19-9-13-8-15(21(24)25)5-6-16(13)22/h2-8,22H,9-11H2,1H3,(H,19,23). The van der Waals surface area contributed by atoms with Crippen molar-refractivity contribution in [2.45, 2.75) is 13.1 Å². The van der Waals surface area contributed by atoms with Crippen LogP contribution >= 0.6 is 11.6 Å². The second-order valence-corrected chi connectivity index (χ2v) is 6.20. The minimum atomic E-state index is -0.576. The number of benzene rings is 2. The number of non-ortho nitro benzene ring substituents is 1. The topological polar surface area (TPSA) is 99.7 Å². The van der Waals surface area contributed by atoms with E-state index in [1.54, 1.807) is 6.07 Å². The van der Waals surface area contributed by atoms with Crippen molar-refractivity contribution in [3.63, 3.8) is 0 Å². The maximum Gasteiger partial charge on any atom is 0.275 e. The molecule has 0 fully saturated rings. The molecule has 1 amide bonds. The van der Waals surface area contributed by atoms with Gasteiger partial charge in [-0.05, 0) is 17.7 Å². The highest BCUT2D eigenvalue weighted by atomic mass is 35.5. The van der Waals surface area contributed by atoms with E-state index < -0.39 is 4.92 Å². The van der Waals surface area contributed by atoms with E-state index in [1.165, 1.54) is 6.07 Å². The van der Waals surface area contributed by atoms with Crippen LogP contribution in [-0.2, 0) is 17.9 Å². The number of hydrogen-bond donors (Lipinski definition) is 2. The van der Waals surface area contributed by atoms with Gasteiger partial charge < -0.3 is 15.3 Å². The highest BCUT2D eigenvalue weighted by molar-refractivity contribution is 6.30. The number of carbonyl (C=O) groups is 1. The normalized spacial score (nSPS) is 11.8. The Balaban J connectivity index is 1.88. The minimum absolute atomic E-state index is 0.0379. The van der Waals surface area contributed by atoms with Gasteiger partial charge in [0.15, 0.2) is 6.54 Å². The molecule has 1 atom stereocenters. The molecule has 132 valence electrons. The summed E-state index contributed by atoms with van der Waals surface area (Å²) in [6, 6.07) is 10.9. The zero-order valence-electron chi connectivity index (χ0n) is 13.6. The van der Waals surface area contributed by atoms with Crippen molar-refractivity contribution in [3.8, 4) is 5.75 Å². The molecule has 0 heterocycles. The molecule has 0 aliphatic carbocycles. The minimum Gasteiger partial charge on any atom is -0.872 e. The number of nitrogens with zero attached hydrogens (tertiary/aromatic N) is 1. The molecule has 0 radical (unpaired) electrons. The molecule has 0 aromatic heterocycles. The summed E-state index contributed by atoms with van der Waals surface area (Å²) in [4.78, 5) is 23.1. The van der Waals surface area contributed by atoms with Gasteiger partial charge in [0.1, 0.15) is 6.54 Å². The van der Waals surface area contributed by atoms with E-state index in [4.69, 9.17) is 11.6 Å². The lowest BCUT2D eigenvalue weighted by atomic mass is 10.1. The van der Waals surface area contributed by atoms with Crippen LogP contribution in [0, 0.1) is 10.1 Å². The van der Waals surface area contributed by atoms with E-state index >= 15 is 0 Å². The van der Waals surface area contributed by atoms with E-state index in [1.807, 2.05) is 25.2 Å². The Bertz CT molecular complexity index is 782. The van der Waals surface area contributed by atoms with Gasteiger partial charge in [-0.2, -0.15) is 0 Å². The number of halogens is 1. The van der Waals surface area contributed by atoms with Crippen molar-refractivity contribution >= 4 is 23.2 Å². The Morgan fingerprint density at radius 2 is 2.04 bits per heavy atom. The van der Waals surface area contributed by atoms with Crippen molar-refractivity contribution in [1.29, 1.82) is 0 Å². The van der Waals surface area contributed by atoms with Gasteiger partial charge in [0.25, 0.3) is 11.6 Å². The molecule has 0 aliphatic heterocycles. The predicted octanol–water partition coefficient (Wildman–Crippen LogP) is 0.653. The Morgan fingerprint density at radius 3 is 2.72 bits per heavy atom. The number of carbonyl (C=O) groups excluding carboxylic acids is 1. The second-order valence-electron chi connectivity index (χ2n) is 5.77. The maximum absolute atomic E-state index is 12.0. The van der Waals surface area contributed by atoms with Crippen LogP contribution in [0.3, 0.4) is 0 Å². The largest absolute Gasteiger partial charge is 0.872 e. The highest BCUT2D eigenvalue weighted by Crippen LogP contribution is 2.20. The lowest BCUT2D eigenvalue weighted by molar-refractivity contribution is -0.885. The summed E-state index contributed by atoms with van der Waals surface area (Å²) in [5.74, 6) is -0.587. The zero-order valence-corrected chi connectivity index (χ0v) is 14.4. The molecule has 0 spiro atoms. The Hall–Kier alpha value is -2.64. The maximum atomic E-state index is 12.0. The average Bonchev–Trinajstić information content (AvgIpc) is 2.53. The summed E-state index contributed by atoms with van der Waals surface area (Å²) >= 11 is 5.94. The average molecular weight is 364 g/mol. The first-order chi connectivity index (χ1) is 11.8. The van der Waals surface area contributed by atoms with Crippen LogP contribution in [0.1, 0.15) is 11.1 Å². The fourth-order valence-corrected chi connectivity index (χ4v) is 2.62. The lowest BCUT2D eigenvalue weighted by Gasteiger charge is -2.16. The van der Waals surface area contributed by atoms with Crippen molar-refractivity contribution in [3.05, 3.63) is 68.7 Å². The first kappa shape index (κ1) is 18.7. The summed E-state index contributed by atoms with van der Waals surface area (Å²) in [7, 11) is 1.87. The van der Waals surface area contributed by atoms with Gasteiger partial charge in [-0.15, -0.1) is 5.75 Å². The molecule has 0 saturated carbocycles. The van der Waals surface area contributed by atoms with Crippen LogP contribution in [-0.4, -0.2) is 24.4 Å². The number of nitrogens with one attached hydrogen (secondary N) is 2. The molecule has 2 N–H and O–H groups in total. The number of nitro benzene ring substituents is 1. The first-order valence-corrected chi connectivity index (χ1v) is 7.99. The SMILES string of the molecule is C[NH+](CC(=O)NCc1cc([N+](=O)[O-])ccc1[O-])Cc1cccc(Cl)c1. The summed E-state index contributed by atoms with van der Waals surface area (Å²) in [5, 5.41) is 25.7. The van der Waals surface area contributed by atoms with Crippen LogP contribution in [0.4, 0.5) is 5.69 Å². The summed E-state index contributed by atoms with van der Waals surface area (Å²) < 4.78 is 0. The third-order valence-electron chi connectivity index (χ3n) is 3.59. The van der Waals surface area contributed by atoms with E-state index in [0.717, 1.165) is 22.6 Å². The molecule has 0 saturated heterocycles. The lowest BCUT2D eigenvalue weighted by Crippen LogP contribution is -3.08. The molecular weight excluding hydrogens is 346 g/mol. The van der Waals surface area contributed by atoms with Gasteiger partial charge in [0.2, 0.25) is 0 Å². The molecule has 0 bridgehead atoms. The van der Waals surface area contributed by atoms with Gasteiger partial charge in [-0.3, -0.25) is 14.9 Å². The highest BCUT2D eigenvalue weighted by Gasteiger charge is 2.12. The Kier molecular flexibility index (Phi) is 6.32. The molecule has 7 nitrogen and oxygen atoms in total. The number of rotatable bonds is 7. The Morgan fingerprint density at radius 1 is 1.28 bits per heavy atom. The number of amides is 1. The van der Waals surface area contributed by atoms with E-state index in [-0.39, 0.29) is 36.0 Å². The van der Waals surface area contributed by atoms with Crippen LogP contribution in [0.5, 0.6) is 5.75 Å². The smallest absolute Gasteiger partial charge is 0.275 e. The molecule has 25 heavy (non-hydrogen) atoms. The predicted molar refractivity (Wildman–Crippen MR) is 91.3 cm³/mol. The summed E-state index contributed by atoms with van der Waals surface area (Å²) in [5.41, 5.74) is 1.03. The molecular formula is C17H18ClN3O4. The third kappa shape index (κ3) is 5.74. The van der Waals surface area contributed by atoms with Crippen LogP contribution in [0.15, 0.2) is 42.5 Å². The fraction of sp³-hybridized carbons (Fsp3) is 0.235. The third-order valence-corrected chi connectivity index (χ3v) is 3.82. The van der Waals surface area contributed by atoms with Crippen molar-refractivity contribution < 1.29 is 19.7 Å². The van der Waals surface area contributed by atoms with Gasteiger partial charge in [0.05, 0.1) is 12.0 Å². The van der Waals surface area contributed by atoms with Crippen molar-refractivity contribution in [1.82, 2.24) is 5.32 Å². The first-order valence-electron chi connectivity index (χ1n) is 7.62. The number of quaternary nitrogens is 1. The number of likely N-dealkylation sites (N-methyl/N-ethyl adjacent to an activating group) is 1. The molecule has 1 unspecified atom stereocenters. The van der Waals surface area contributed by atoms with Crippen molar-refractivity contribution in [2.75, 3.05) is 13.6 Å².